The predicted molar refractivity (Wildman–Crippen MR) is 56.9 cm³/mol. The van der Waals surface area contributed by atoms with Crippen molar-refractivity contribution in [2.45, 2.75) is 44.8 Å². The van der Waals surface area contributed by atoms with E-state index in [1.165, 1.54) is 19.3 Å². The highest BCUT2D eigenvalue weighted by Gasteiger charge is 2.25. The molecular formula is C9H17ClOS. The van der Waals surface area contributed by atoms with Crippen molar-refractivity contribution in [1.82, 2.24) is 0 Å². The van der Waals surface area contributed by atoms with Gasteiger partial charge in [-0.1, -0.05) is 19.8 Å². The molecule has 0 saturated heterocycles. The second-order valence-corrected chi connectivity index (χ2v) is 5.40. The van der Waals surface area contributed by atoms with Crippen LogP contribution < -0.4 is 0 Å². The van der Waals surface area contributed by atoms with E-state index >= 15 is 0 Å². The largest absolute Gasteiger partial charge is 0.280 e. The minimum atomic E-state index is -0.407. The van der Waals surface area contributed by atoms with E-state index in [0.717, 1.165) is 5.75 Å². The molecule has 0 radical (unpaired) electrons. The third kappa shape index (κ3) is 5.04. The molecule has 0 aromatic rings. The Hall–Kier alpha value is 0.310. The monoisotopic (exact) mass is 208 g/mol. The molecule has 0 aliphatic carbocycles. The maximum Gasteiger partial charge on any atom is 0.237 e. The summed E-state index contributed by atoms with van der Waals surface area (Å²) in [6.07, 6.45) is 3.63. The highest BCUT2D eigenvalue weighted by atomic mass is 35.5. The van der Waals surface area contributed by atoms with Gasteiger partial charge in [0.2, 0.25) is 5.24 Å². The van der Waals surface area contributed by atoms with Crippen LogP contribution in [0.1, 0.15) is 40.0 Å². The first-order valence-electron chi connectivity index (χ1n) is 4.34. The number of carbonyl (C=O) groups is 1. The quantitative estimate of drug-likeness (QED) is 0.491. The zero-order chi connectivity index (χ0) is 9.61. The molecule has 0 rings (SSSR count). The van der Waals surface area contributed by atoms with Crippen LogP contribution in [0, 0.1) is 0 Å². The van der Waals surface area contributed by atoms with E-state index in [0.29, 0.717) is 0 Å². The number of rotatable bonds is 6. The first-order chi connectivity index (χ1) is 5.50. The van der Waals surface area contributed by atoms with Crippen molar-refractivity contribution in [2.24, 2.45) is 0 Å². The smallest absolute Gasteiger partial charge is 0.237 e. The van der Waals surface area contributed by atoms with Crippen molar-refractivity contribution in [1.29, 1.82) is 0 Å². The van der Waals surface area contributed by atoms with Gasteiger partial charge in [0.1, 0.15) is 0 Å². The van der Waals surface area contributed by atoms with Crippen molar-refractivity contribution in [2.75, 3.05) is 5.75 Å². The second-order valence-electron chi connectivity index (χ2n) is 3.34. The molecule has 12 heavy (non-hydrogen) atoms. The molecule has 1 nitrogen and oxygen atoms in total. The van der Waals surface area contributed by atoms with Crippen LogP contribution >= 0.6 is 23.4 Å². The maximum atomic E-state index is 10.9. The zero-order valence-electron chi connectivity index (χ0n) is 8.02. The first-order valence-corrected chi connectivity index (χ1v) is 5.71. The fraction of sp³-hybridized carbons (Fsp3) is 0.889. The third-order valence-electron chi connectivity index (χ3n) is 1.68. The van der Waals surface area contributed by atoms with Gasteiger partial charge in [-0.05, 0) is 37.6 Å². The van der Waals surface area contributed by atoms with Gasteiger partial charge in [-0.25, -0.2) is 0 Å². The summed E-state index contributed by atoms with van der Waals surface area (Å²) in [6, 6.07) is 0. The number of halogens is 1. The molecule has 0 aliphatic heterocycles. The lowest BCUT2D eigenvalue weighted by atomic mass is 10.2. The highest BCUT2D eigenvalue weighted by Crippen LogP contribution is 2.27. The van der Waals surface area contributed by atoms with E-state index in [4.69, 9.17) is 11.6 Å². The van der Waals surface area contributed by atoms with Crippen LogP contribution in [-0.4, -0.2) is 15.7 Å². The molecule has 0 fully saturated rings. The van der Waals surface area contributed by atoms with Gasteiger partial charge in [0.05, 0.1) is 4.75 Å². The van der Waals surface area contributed by atoms with Crippen LogP contribution in [0.3, 0.4) is 0 Å². The van der Waals surface area contributed by atoms with Crippen LogP contribution in [0.25, 0.3) is 0 Å². The van der Waals surface area contributed by atoms with E-state index in [9.17, 15) is 4.79 Å². The molecule has 72 valence electrons. The molecule has 0 atom stereocenters. The van der Waals surface area contributed by atoms with Crippen molar-refractivity contribution < 1.29 is 4.79 Å². The molecule has 0 N–H and O–H groups in total. The molecule has 0 saturated carbocycles. The Labute approximate surface area is 84.2 Å². The molecule has 0 aromatic heterocycles. The fourth-order valence-electron chi connectivity index (χ4n) is 0.736. The normalized spacial score (nSPS) is 11.7. The van der Waals surface area contributed by atoms with E-state index in [1.807, 2.05) is 13.8 Å². The lowest BCUT2D eigenvalue weighted by molar-refractivity contribution is -0.113. The molecule has 0 aliphatic rings. The average molecular weight is 209 g/mol. The third-order valence-corrected chi connectivity index (χ3v) is 3.67. The van der Waals surface area contributed by atoms with Crippen molar-refractivity contribution >= 4 is 28.6 Å². The Morgan fingerprint density at radius 3 is 2.42 bits per heavy atom. The molecule has 0 aromatic carbocycles. The van der Waals surface area contributed by atoms with Gasteiger partial charge in [0, 0.05) is 0 Å². The maximum absolute atomic E-state index is 10.9. The van der Waals surface area contributed by atoms with Crippen LogP contribution in [0.15, 0.2) is 0 Å². The number of hydrogen-bond acceptors (Lipinski definition) is 2. The topological polar surface area (TPSA) is 17.1 Å². The lowest BCUT2D eigenvalue weighted by Crippen LogP contribution is -2.23. The fourth-order valence-corrected chi connectivity index (χ4v) is 1.87. The lowest BCUT2D eigenvalue weighted by Gasteiger charge is -2.18. The van der Waals surface area contributed by atoms with Gasteiger partial charge >= 0.3 is 0 Å². The summed E-state index contributed by atoms with van der Waals surface area (Å²) in [5, 5.41) is -0.246. The Bertz CT molecular complexity index is 145. The Morgan fingerprint density at radius 1 is 1.42 bits per heavy atom. The minimum Gasteiger partial charge on any atom is -0.280 e. The van der Waals surface area contributed by atoms with Crippen LogP contribution in [0.2, 0.25) is 0 Å². The number of carbonyl (C=O) groups excluding carboxylic acids is 1. The molecule has 0 amide bonds. The van der Waals surface area contributed by atoms with E-state index < -0.39 is 4.75 Å². The summed E-state index contributed by atoms with van der Waals surface area (Å²) >= 11 is 7.07. The van der Waals surface area contributed by atoms with Crippen LogP contribution in [0.4, 0.5) is 0 Å². The minimum absolute atomic E-state index is 0.246. The summed E-state index contributed by atoms with van der Waals surface area (Å²) in [7, 11) is 0. The van der Waals surface area contributed by atoms with Crippen molar-refractivity contribution in [3.63, 3.8) is 0 Å². The van der Waals surface area contributed by atoms with Crippen LogP contribution in [-0.2, 0) is 4.79 Å². The van der Waals surface area contributed by atoms with Gasteiger partial charge in [-0.3, -0.25) is 4.79 Å². The molecule has 0 bridgehead atoms. The number of hydrogen-bond donors (Lipinski definition) is 0. The Morgan fingerprint density at radius 2 is 2.00 bits per heavy atom. The number of thioether (sulfide) groups is 1. The molecule has 0 heterocycles. The predicted octanol–water partition coefficient (Wildman–Crippen LogP) is 3.45. The zero-order valence-corrected chi connectivity index (χ0v) is 9.60. The van der Waals surface area contributed by atoms with Gasteiger partial charge in [0.25, 0.3) is 0 Å². The summed E-state index contributed by atoms with van der Waals surface area (Å²) in [5.41, 5.74) is 0. The van der Waals surface area contributed by atoms with Crippen molar-refractivity contribution in [3.8, 4) is 0 Å². The average Bonchev–Trinajstić information content (AvgIpc) is 1.98. The molecule has 3 heteroatoms. The van der Waals surface area contributed by atoms with Gasteiger partial charge in [0.15, 0.2) is 0 Å². The van der Waals surface area contributed by atoms with E-state index in [-0.39, 0.29) is 5.24 Å². The SMILES string of the molecule is CCCCCSC(C)(C)C(=O)Cl. The summed E-state index contributed by atoms with van der Waals surface area (Å²) in [4.78, 5) is 10.9. The van der Waals surface area contributed by atoms with E-state index in [2.05, 4.69) is 6.92 Å². The van der Waals surface area contributed by atoms with Crippen molar-refractivity contribution in [3.05, 3.63) is 0 Å². The van der Waals surface area contributed by atoms with E-state index in [1.54, 1.807) is 11.8 Å². The molecule has 0 spiro atoms. The van der Waals surface area contributed by atoms with Gasteiger partial charge < -0.3 is 0 Å². The summed E-state index contributed by atoms with van der Waals surface area (Å²) in [6.45, 7) is 5.92. The number of unbranched alkanes of at least 4 members (excludes halogenated alkanes) is 2. The van der Waals surface area contributed by atoms with Crippen LogP contribution in [0.5, 0.6) is 0 Å². The first kappa shape index (κ1) is 12.3. The standard InChI is InChI=1S/C9H17ClOS/c1-4-5-6-7-12-9(2,3)8(10)11/h4-7H2,1-3H3. The molecular weight excluding hydrogens is 192 g/mol. The van der Waals surface area contributed by atoms with Gasteiger partial charge in [-0.2, -0.15) is 0 Å². The Balaban J connectivity index is 3.54. The summed E-state index contributed by atoms with van der Waals surface area (Å²) in [5.74, 6) is 1.03. The molecule has 0 unspecified atom stereocenters. The van der Waals surface area contributed by atoms with Gasteiger partial charge in [-0.15, -0.1) is 11.8 Å². The second kappa shape index (κ2) is 5.87. The Kier molecular flexibility index (Phi) is 6.02. The summed E-state index contributed by atoms with van der Waals surface area (Å²) < 4.78 is -0.407. The highest BCUT2D eigenvalue weighted by molar-refractivity contribution is 8.01.